The number of aliphatic imine (C=N–C) groups is 1. The zero-order valence-corrected chi connectivity index (χ0v) is 20.8. The number of rotatable bonds is 7. The lowest BCUT2D eigenvalue weighted by molar-refractivity contribution is 0.353. The summed E-state index contributed by atoms with van der Waals surface area (Å²) in [4.78, 5) is 9.17. The molecular formula is C21H33IN6O2. The molecule has 0 radical (unpaired) electrons. The van der Waals surface area contributed by atoms with E-state index < -0.39 is 0 Å². The predicted octanol–water partition coefficient (Wildman–Crippen LogP) is 2.76. The number of ether oxygens (including phenoxy) is 2. The summed E-state index contributed by atoms with van der Waals surface area (Å²) in [5, 5.41) is 11.2. The summed E-state index contributed by atoms with van der Waals surface area (Å²) in [6.45, 7) is 8.70. The number of methoxy groups -OCH3 is 2. The van der Waals surface area contributed by atoms with E-state index in [1.807, 2.05) is 16.8 Å². The molecule has 2 N–H and O–H groups in total. The highest BCUT2D eigenvalue weighted by molar-refractivity contribution is 14.0. The fourth-order valence-electron chi connectivity index (χ4n) is 3.49. The van der Waals surface area contributed by atoms with Crippen LogP contribution >= 0.6 is 24.0 Å². The first-order valence-corrected chi connectivity index (χ1v) is 10.1. The van der Waals surface area contributed by atoms with Crippen LogP contribution in [0.15, 0.2) is 29.5 Å². The van der Waals surface area contributed by atoms with E-state index >= 15 is 0 Å². The molecule has 0 bridgehead atoms. The number of fused-ring (bicyclic) bond motifs is 1. The molecule has 2 heterocycles. The van der Waals surface area contributed by atoms with Crippen molar-refractivity contribution in [2.45, 2.75) is 51.6 Å². The molecule has 0 aliphatic carbocycles. The number of nitrogens with one attached hydrogen (secondary N) is 2. The summed E-state index contributed by atoms with van der Waals surface area (Å²) < 4.78 is 12.8. The third-order valence-corrected chi connectivity index (χ3v) is 5.29. The van der Waals surface area contributed by atoms with Crippen LogP contribution in [0, 0.1) is 0 Å². The molecule has 3 rings (SSSR count). The van der Waals surface area contributed by atoms with Gasteiger partial charge in [0.1, 0.15) is 12.2 Å². The third-order valence-electron chi connectivity index (χ3n) is 5.29. The van der Waals surface area contributed by atoms with Crippen molar-refractivity contribution in [2.24, 2.45) is 4.99 Å². The van der Waals surface area contributed by atoms with Gasteiger partial charge in [-0.3, -0.25) is 4.99 Å². The summed E-state index contributed by atoms with van der Waals surface area (Å²) in [5.41, 5.74) is 0.993. The topological polar surface area (TPSA) is 85.6 Å². The highest BCUT2D eigenvalue weighted by Gasteiger charge is 2.24. The highest BCUT2D eigenvalue weighted by Crippen LogP contribution is 2.33. The first kappa shape index (κ1) is 24.2. The molecule has 2 aromatic rings. The molecule has 9 heteroatoms. The molecule has 166 valence electrons. The van der Waals surface area contributed by atoms with Crippen molar-refractivity contribution in [3.63, 3.8) is 0 Å². The summed E-state index contributed by atoms with van der Waals surface area (Å²) in [6, 6.07) is 6.33. The van der Waals surface area contributed by atoms with Crippen molar-refractivity contribution in [1.29, 1.82) is 0 Å². The van der Waals surface area contributed by atoms with Crippen molar-refractivity contribution < 1.29 is 9.47 Å². The zero-order valence-electron chi connectivity index (χ0n) is 18.4. The third kappa shape index (κ3) is 5.77. The van der Waals surface area contributed by atoms with Crippen molar-refractivity contribution >= 4 is 29.9 Å². The predicted molar refractivity (Wildman–Crippen MR) is 129 cm³/mol. The Morgan fingerprint density at radius 1 is 1.27 bits per heavy atom. The Morgan fingerprint density at radius 2 is 2.03 bits per heavy atom. The smallest absolute Gasteiger partial charge is 0.191 e. The van der Waals surface area contributed by atoms with Crippen LogP contribution in [0.1, 0.15) is 38.6 Å². The molecule has 1 aromatic heterocycles. The summed E-state index contributed by atoms with van der Waals surface area (Å²) in [5.74, 6) is 3.35. The minimum Gasteiger partial charge on any atom is -0.493 e. The number of guanidine groups is 1. The van der Waals surface area contributed by atoms with Crippen LogP contribution in [0.5, 0.6) is 11.5 Å². The Labute approximate surface area is 195 Å². The van der Waals surface area contributed by atoms with Crippen LogP contribution in [0.25, 0.3) is 0 Å². The maximum Gasteiger partial charge on any atom is 0.191 e. The molecule has 30 heavy (non-hydrogen) atoms. The lowest BCUT2D eigenvalue weighted by Gasteiger charge is -2.27. The Bertz CT molecular complexity index is 852. The summed E-state index contributed by atoms with van der Waals surface area (Å²) in [7, 11) is 3.31. The van der Waals surface area contributed by atoms with E-state index in [4.69, 9.17) is 14.5 Å². The molecular weight excluding hydrogens is 495 g/mol. The quantitative estimate of drug-likeness (QED) is 0.327. The second kappa shape index (κ2) is 10.8. The van der Waals surface area contributed by atoms with Gasteiger partial charge in [-0.25, -0.2) is 9.67 Å². The van der Waals surface area contributed by atoms with Gasteiger partial charge in [0, 0.05) is 24.4 Å². The van der Waals surface area contributed by atoms with Crippen LogP contribution < -0.4 is 20.1 Å². The molecule has 8 nitrogen and oxygen atoms in total. The largest absolute Gasteiger partial charge is 0.493 e. The van der Waals surface area contributed by atoms with Gasteiger partial charge in [-0.1, -0.05) is 19.9 Å². The molecule has 0 saturated heterocycles. The van der Waals surface area contributed by atoms with E-state index in [-0.39, 0.29) is 35.4 Å². The normalized spacial score (nSPS) is 16.3. The lowest BCUT2D eigenvalue weighted by atomic mass is 9.84. The molecule has 0 spiro atoms. The lowest BCUT2D eigenvalue weighted by Crippen LogP contribution is -2.47. The van der Waals surface area contributed by atoms with Crippen LogP contribution in [0.4, 0.5) is 0 Å². The Hall–Kier alpha value is -2.04. The molecule has 0 amide bonds. The van der Waals surface area contributed by atoms with Crippen LogP contribution in [0.3, 0.4) is 0 Å². The van der Waals surface area contributed by atoms with Crippen molar-refractivity contribution in [3.05, 3.63) is 35.9 Å². The van der Waals surface area contributed by atoms with E-state index in [0.29, 0.717) is 6.54 Å². The van der Waals surface area contributed by atoms with Gasteiger partial charge in [0.15, 0.2) is 17.5 Å². The molecule has 0 saturated carbocycles. The highest BCUT2D eigenvalue weighted by atomic mass is 127. The van der Waals surface area contributed by atoms with E-state index in [9.17, 15) is 0 Å². The second-order valence-electron chi connectivity index (χ2n) is 7.89. The Balaban J connectivity index is 0.00000320. The number of halogens is 1. The van der Waals surface area contributed by atoms with Gasteiger partial charge in [-0.15, -0.1) is 24.0 Å². The van der Waals surface area contributed by atoms with Crippen molar-refractivity contribution in [2.75, 3.05) is 27.3 Å². The van der Waals surface area contributed by atoms with Gasteiger partial charge in [-0.05, 0) is 31.0 Å². The van der Waals surface area contributed by atoms with E-state index in [0.717, 1.165) is 54.8 Å². The van der Waals surface area contributed by atoms with Crippen molar-refractivity contribution in [1.82, 2.24) is 25.4 Å². The van der Waals surface area contributed by atoms with E-state index in [1.165, 1.54) is 0 Å². The standard InChI is InChI=1S/C21H32N6O2.HI/c1-6-22-20(26-16-8-10-19-24-14-25-27(19)12-16)23-13-21(2,3)15-7-9-17(28-4)18(11-15)29-5;/h7,9,11,14,16H,6,8,10,12-13H2,1-5H3,(H2,22,23,26);1H. The van der Waals surface area contributed by atoms with E-state index in [2.05, 4.69) is 47.6 Å². The van der Waals surface area contributed by atoms with Gasteiger partial charge in [0.2, 0.25) is 0 Å². The molecule has 0 fully saturated rings. The average Bonchev–Trinajstić information content (AvgIpc) is 3.19. The number of hydrogen-bond donors (Lipinski definition) is 2. The second-order valence-corrected chi connectivity index (χ2v) is 7.89. The van der Waals surface area contributed by atoms with Gasteiger partial charge in [0.25, 0.3) is 0 Å². The van der Waals surface area contributed by atoms with Crippen LogP contribution in [-0.2, 0) is 18.4 Å². The van der Waals surface area contributed by atoms with Gasteiger partial charge in [0.05, 0.1) is 27.3 Å². The minimum absolute atomic E-state index is 0. The number of aryl methyl sites for hydroxylation is 1. The van der Waals surface area contributed by atoms with Crippen molar-refractivity contribution in [3.8, 4) is 11.5 Å². The Kier molecular flexibility index (Phi) is 8.75. The molecule has 1 aromatic carbocycles. The Morgan fingerprint density at radius 3 is 2.73 bits per heavy atom. The maximum atomic E-state index is 5.46. The van der Waals surface area contributed by atoms with Gasteiger partial charge in [-0.2, -0.15) is 5.10 Å². The van der Waals surface area contributed by atoms with E-state index in [1.54, 1.807) is 20.5 Å². The zero-order chi connectivity index (χ0) is 20.9. The van der Waals surface area contributed by atoms with Gasteiger partial charge < -0.3 is 20.1 Å². The van der Waals surface area contributed by atoms with Crippen LogP contribution in [-0.4, -0.2) is 54.1 Å². The average molecular weight is 528 g/mol. The number of benzene rings is 1. The monoisotopic (exact) mass is 528 g/mol. The number of nitrogens with zero attached hydrogens (tertiary/aromatic N) is 4. The molecule has 1 unspecified atom stereocenters. The first-order valence-electron chi connectivity index (χ1n) is 10.1. The van der Waals surface area contributed by atoms with Crippen LogP contribution in [0.2, 0.25) is 0 Å². The molecule has 1 atom stereocenters. The fourth-order valence-corrected chi connectivity index (χ4v) is 3.49. The maximum absolute atomic E-state index is 5.46. The summed E-state index contributed by atoms with van der Waals surface area (Å²) >= 11 is 0. The van der Waals surface area contributed by atoms with Gasteiger partial charge >= 0.3 is 0 Å². The fraction of sp³-hybridized carbons (Fsp3) is 0.571. The molecule has 1 aliphatic rings. The SMILES string of the molecule is CCNC(=NCC(C)(C)c1ccc(OC)c(OC)c1)NC1CCc2ncnn2C1.I. The number of aromatic nitrogens is 3. The number of hydrogen-bond acceptors (Lipinski definition) is 5. The molecule has 1 aliphatic heterocycles. The summed E-state index contributed by atoms with van der Waals surface area (Å²) in [6.07, 6.45) is 3.57. The first-order chi connectivity index (χ1) is 14.0. The minimum atomic E-state index is -0.159.